The normalized spacial score (nSPS) is 20.2. The van der Waals surface area contributed by atoms with E-state index in [1.807, 2.05) is 6.92 Å². The van der Waals surface area contributed by atoms with Gasteiger partial charge >= 0.3 is 0 Å². The summed E-state index contributed by atoms with van der Waals surface area (Å²) in [6.07, 6.45) is 1.99. The van der Waals surface area contributed by atoms with Gasteiger partial charge in [0.05, 0.1) is 19.3 Å². The molecular formula is C19H25F2N3O4S. The van der Waals surface area contributed by atoms with Crippen molar-refractivity contribution < 1.29 is 27.8 Å². The van der Waals surface area contributed by atoms with Gasteiger partial charge in [0, 0.05) is 26.0 Å². The fraction of sp³-hybridized carbons (Fsp3) is 0.632. The van der Waals surface area contributed by atoms with E-state index >= 15 is 0 Å². The minimum Gasteiger partial charge on any atom is -0.477 e. The highest BCUT2D eigenvalue weighted by atomic mass is 32.1. The molecule has 2 aromatic heterocycles. The highest BCUT2D eigenvalue weighted by molar-refractivity contribution is 7.19. The number of alkyl halides is 2. The van der Waals surface area contributed by atoms with Crippen molar-refractivity contribution in [1.82, 2.24) is 15.3 Å². The lowest BCUT2D eigenvalue weighted by molar-refractivity contribution is -0.120. The number of aromatic nitrogens is 2. The first-order chi connectivity index (χ1) is 13.7. The molecule has 0 saturated heterocycles. The Morgan fingerprint density at radius 2 is 2.10 bits per heavy atom. The van der Waals surface area contributed by atoms with E-state index in [1.54, 1.807) is 12.1 Å². The Bertz CT molecular complexity index is 836. The fourth-order valence-electron chi connectivity index (χ4n) is 2.93. The van der Waals surface area contributed by atoms with Crippen molar-refractivity contribution in [2.75, 3.05) is 19.8 Å². The number of halogens is 2. The summed E-state index contributed by atoms with van der Waals surface area (Å²) in [7, 11) is 0. The number of fused-ring (bicyclic) bond motifs is 1. The summed E-state index contributed by atoms with van der Waals surface area (Å²) in [5.74, 6) is -2.11. The van der Waals surface area contributed by atoms with Crippen LogP contribution in [0.5, 0.6) is 11.1 Å². The molecule has 0 spiro atoms. The van der Waals surface area contributed by atoms with Gasteiger partial charge < -0.3 is 19.5 Å². The minimum atomic E-state index is -2.91. The van der Waals surface area contributed by atoms with E-state index in [1.165, 1.54) is 6.92 Å². The molecule has 0 unspecified atom stereocenters. The molecule has 0 aromatic carbocycles. The summed E-state index contributed by atoms with van der Waals surface area (Å²) in [5, 5.41) is 2.95. The molecule has 2 aromatic rings. The summed E-state index contributed by atoms with van der Waals surface area (Å²) < 4.78 is 42.4. The topological polar surface area (TPSA) is 82.6 Å². The molecule has 10 heteroatoms. The molecule has 29 heavy (non-hydrogen) atoms. The molecule has 1 atom stereocenters. The Morgan fingerprint density at radius 3 is 2.79 bits per heavy atom. The van der Waals surface area contributed by atoms with Gasteiger partial charge in [0.15, 0.2) is 11.4 Å². The number of amides is 1. The van der Waals surface area contributed by atoms with E-state index in [0.717, 1.165) is 31.1 Å². The average Bonchev–Trinajstić information content (AvgIpc) is 2.99. The second kappa shape index (κ2) is 9.17. The zero-order valence-corrected chi connectivity index (χ0v) is 17.4. The molecule has 0 radical (unpaired) electrons. The van der Waals surface area contributed by atoms with Crippen molar-refractivity contribution in [3.8, 4) is 11.1 Å². The zero-order chi connectivity index (χ0) is 21.0. The van der Waals surface area contributed by atoms with Gasteiger partial charge in [-0.25, -0.2) is 18.7 Å². The SMILES string of the molecule is CC(=O)N[C@@H](C)COC1CC(COc2ccc3nc(OCC(C)(F)F)sc3n2)C1. The van der Waals surface area contributed by atoms with E-state index in [2.05, 4.69) is 15.3 Å². The van der Waals surface area contributed by atoms with Crippen LogP contribution in [0.4, 0.5) is 8.78 Å². The molecule has 1 N–H and O–H groups in total. The standard InChI is InChI=1S/C19H25F2N3O4S/c1-11(22-12(2)25)8-26-14-6-13(7-14)9-27-16-5-4-15-17(24-16)29-18(23-15)28-10-19(3,20)21/h4-5,11,13-14H,6-10H2,1-3H3,(H,22,25)/t11-,13?,14?/m0/s1. The van der Waals surface area contributed by atoms with Crippen LogP contribution < -0.4 is 14.8 Å². The second-order valence-corrected chi connectivity index (χ2v) is 8.46. The van der Waals surface area contributed by atoms with Crippen molar-refractivity contribution in [1.29, 1.82) is 0 Å². The molecule has 1 aliphatic rings. The predicted octanol–water partition coefficient (Wildman–Crippen LogP) is 3.42. The number of nitrogens with one attached hydrogen (secondary N) is 1. The predicted molar refractivity (Wildman–Crippen MR) is 105 cm³/mol. The van der Waals surface area contributed by atoms with Crippen LogP contribution in [-0.4, -0.2) is 53.8 Å². The van der Waals surface area contributed by atoms with Crippen LogP contribution in [0, 0.1) is 5.92 Å². The lowest BCUT2D eigenvalue weighted by Crippen LogP contribution is -2.40. The van der Waals surface area contributed by atoms with Crippen LogP contribution in [0.1, 0.15) is 33.6 Å². The van der Waals surface area contributed by atoms with Gasteiger partial charge in [-0.3, -0.25) is 4.79 Å². The number of ether oxygens (including phenoxy) is 3. The van der Waals surface area contributed by atoms with E-state index < -0.39 is 12.5 Å². The molecule has 1 aliphatic carbocycles. The summed E-state index contributed by atoms with van der Waals surface area (Å²) in [5.41, 5.74) is 0.585. The number of thiazole rings is 1. The number of hydrogen-bond donors (Lipinski definition) is 1. The molecule has 1 fully saturated rings. The van der Waals surface area contributed by atoms with Crippen LogP contribution >= 0.6 is 11.3 Å². The van der Waals surface area contributed by atoms with Gasteiger partial charge in [-0.2, -0.15) is 0 Å². The third-order valence-corrected chi connectivity index (χ3v) is 5.23. The van der Waals surface area contributed by atoms with Crippen molar-refractivity contribution >= 4 is 27.6 Å². The summed E-state index contributed by atoms with van der Waals surface area (Å²) in [6.45, 7) is 4.50. The van der Waals surface area contributed by atoms with Gasteiger partial charge in [0.2, 0.25) is 11.8 Å². The average molecular weight is 429 g/mol. The maximum absolute atomic E-state index is 12.9. The number of rotatable bonds is 10. The minimum absolute atomic E-state index is 0.00411. The fourth-order valence-corrected chi connectivity index (χ4v) is 3.71. The molecule has 160 valence electrons. The van der Waals surface area contributed by atoms with Crippen molar-refractivity contribution in [2.45, 2.75) is 51.7 Å². The van der Waals surface area contributed by atoms with Crippen LogP contribution in [0.25, 0.3) is 10.3 Å². The van der Waals surface area contributed by atoms with E-state index in [9.17, 15) is 13.6 Å². The van der Waals surface area contributed by atoms with Gasteiger partial charge in [-0.15, -0.1) is 0 Å². The molecule has 1 saturated carbocycles. The smallest absolute Gasteiger partial charge is 0.278 e. The van der Waals surface area contributed by atoms with E-state index in [0.29, 0.717) is 35.4 Å². The molecule has 3 rings (SSSR count). The Labute approximate surface area is 171 Å². The monoisotopic (exact) mass is 429 g/mol. The largest absolute Gasteiger partial charge is 0.477 e. The summed E-state index contributed by atoms with van der Waals surface area (Å²) in [4.78, 5) is 20.1. The summed E-state index contributed by atoms with van der Waals surface area (Å²) in [6, 6.07) is 3.44. The Kier molecular flexibility index (Phi) is 6.84. The lowest BCUT2D eigenvalue weighted by atomic mass is 9.83. The van der Waals surface area contributed by atoms with Crippen molar-refractivity contribution in [2.24, 2.45) is 5.92 Å². The van der Waals surface area contributed by atoms with Gasteiger partial charge in [0.25, 0.3) is 11.1 Å². The van der Waals surface area contributed by atoms with Gasteiger partial charge in [-0.1, -0.05) is 11.3 Å². The number of carbonyl (C=O) groups excluding carboxylic acids is 1. The van der Waals surface area contributed by atoms with E-state index in [4.69, 9.17) is 14.2 Å². The van der Waals surface area contributed by atoms with Gasteiger partial charge in [-0.05, 0) is 31.7 Å². The summed E-state index contributed by atoms with van der Waals surface area (Å²) >= 11 is 1.11. The molecule has 2 heterocycles. The number of hydrogen-bond acceptors (Lipinski definition) is 7. The zero-order valence-electron chi connectivity index (χ0n) is 16.6. The third-order valence-electron chi connectivity index (χ3n) is 4.35. The van der Waals surface area contributed by atoms with E-state index in [-0.39, 0.29) is 23.2 Å². The van der Waals surface area contributed by atoms with Crippen molar-refractivity contribution in [3.63, 3.8) is 0 Å². The third kappa shape index (κ3) is 6.74. The molecule has 7 nitrogen and oxygen atoms in total. The Morgan fingerprint density at radius 1 is 1.34 bits per heavy atom. The molecular weight excluding hydrogens is 404 g/mol. The molecule has 1 amide bonds. The molecule has 0 aliphatic heterocycles. The first-order valence-electron chi connectivity index (χ1n) is 9.47. The Balaban J connectivity index is 1.40. The number of carbonyl (C=O) groups is 1. The lowest BCUT2D eigenvalue weighted by Gasteiger charge is -2.35. The highest BCUT2D eigenvalue weighted by Crippen LogP contribution is 2.32. The highest BCUT2D eigenvalue weighted by Gasteiger charge is 2.31. The second-order valence-electron chi connectivity index (χ2n) is 7.52. The first kappa shape index (κ1) is 21.6. The maximum Gasteiger partial charge on any atom is 0.278 e. The Hall–Kier alpha value is -2.07. The molecule has 0 bridgehead atoms. The first-order valence-corrected chi connectivity index (χ1v) is 10.3. The van der Waals surface area contributed by atoms with Crippen LogP contribution in [0.3, 0.4) is 0 Å². The van der Waals surface area contributed by atoms with Crippen molar-refractivity contribution in [3.05, 3.63) is 12.1 Å². The quantitative estimate of drug-likeness (QED) is 0.623. The van der Waals surface area contributed by atoms with Crippen LogP contribution in [0.15, 0.2) is 12.1 Å². The van der Waals surface area contributed by atoms with Crippen LogP contribution in [0.2, 0.25) is 0 Å². The maximum atomic E-state index is 12.9. The van der Waals surface area contributed by atoms with Gasteiger partial charge in [0.1, 0.15) is 5.52 Å². The van der Waals surface area contributed by atoms with Crippen LogP contribution in [-0.2, 0) is 9.53 Å². The number of pyridine rings is 1. The number of nitrogens with zero attached hydrogens (tertiary/aromatic N) is 2.